The smallest absolute Gasteiger partial charge is 0.243 e. The number of aromatic nitrogens is 2. The molecule has 0 radical (unpaired) electrons. The summed E-state index contributed by atoms with van der Waals surface area (Å²) in [6.07, 6.45) is 1.55. The largest absolute Gasteiger partial charge is 0.497 e. The number of sulfonamides is 1. The van der Waals surface area contributed by atoms with Gasteiger partial charge in [-0.15, -0.1) is 0 Å². The van der Waals surface area contributed by atoms with Crippen molar-refractivity contribution in [3.63, 3.8) is 0 Å². The molecule has 1 atom stereocenters. The predicted octanol–water partition coefficient (Wildman–Crippen LogP) is 4.57. The number of methoxy groups -OCH3 is 2. The highest BCUT2D eigenvalue weighted by molar-refractivity contribution is 7.89. The van der Waals surface area contributed by atoms with Crippen LogP contribution in [0.1, 0.15) is 18.5 Å². The molecule has 0 spiro atoms. The van der Waals surface area contributed by atoms with Gasteiger partial charge in [-0.2, -0.15) is 9.37 Å². The Morgan fingerprint density at radius 2 is 1.68 bits per heavy atom. The minimum absolute atomic E-state index is 0.0807. The highest BCUT2D eigenvalue weighted by Crippen LogP contribution is 2.30. The molecule has 2 heterocycles. The molecule has 0 saturated heterocycles. The average Bonchev–Trinajstić information content (AvgIpc) is 2.84. The zero-order valence-corrected chi connectivity index (χ0v) is 19.6. The molecule has 0 unspecified atom stereocenters. The van der Waals surface area contributed by atoms with Crippen LogP contribution in [-0.4, -0.2) is 32.6 Å². The van der Waals surface area contributed by atoms with Gasteiger partial charge in [-0.1, -0.05) is 12.1 Å². The Kier molecular flexibility index (Phi) is 6.62. The first-order chi connectivity index (χ1) is 16.3. The third-order valence-corrected chi connectivity index (χ3v) is 6.81. The van der Waals surface area contributed by atoms with E-state index in [9.17, 15) is 12.8 Å². The van der Waals surface area contributed by atoms with Crippen LogP contribution in [0, 0.1) is 5.95 Å². The van der Waals surface area contributed by atoms with Crippen molar-refractivity contribution in [2.75, 3.05) is 19.5 Å². The van der Waals surface area contributed by atoms with Crippen molar-refractivity contribution in [3.05, 3.63) is 78.4 Å². The minimum atomic E-state index is -3.76. The van der Waals surface area contributed by atoms with Crippen LogP contribution in [0.15, 0.2) is 71.8 Å². The number of anilines is 2. The standard InChI is InChI=1S/C24H23FN4O4S/c1-15(16-4-8-18(32-2)9-5-16)29-34(30,31)19-10-6-17(7-11-19)27-21-12-13-26-23-20(21)14-22(25)28-24(23)33-3/h4-15,29H,1-3H3,(H,26,27)/t15-/m1/s1. The molecule has 0 fully saturated rings. The third kappa shape index (κ3) is 4.92. The number of hydrogen-bond donors (Lipinski definition) is 2. The number of nitrogens with one attached hydrogen (secondary N) is 2. The summed E-state index contributed by atoms with van der Waals surface area (Å²) >= 11 is 0. The first-order valence-electron chi connectivity index (χ1n) is 10.3. The number of fused-ring (bicyclic) bond motifs is 1. The summed E-state index contributed by atoms with van der Waals surface area (Å²) in [7, 11) is -0.789. The molecule has 4 rings (SSSR count). The summed E-state index contributed by atoms with van der Waals surface area (Å²) in [6, 6.07) is 15.9. The monoisotopic (exact) mass is 482 g/mol. The van der Waals surface area contributed by atoms with Gasteiger partial charge >= 0.3 is 0 Å². The van der Waals surface area contributed by atoms with Crippen molar-refractivity contribution in [1.29, 1.82) is 0 Å². The van der Waals surface area contributed by atoms with Crippen LogP contribution in [0.4, 0.5) is 15.8 Å². The predicted molar refractivity (Wildman–Crippen MR) is 128 cm³/mol. The van der Waals surface area contributed by atoms with Gasteiger partial charge in [-0.25, -0.2) is 13.1 Å². The van der Waals surface area contributed by atoms with Crippen molar-refractivity contribution in [1.82, 2.24) is 14.7 Å². The number of pyridine rings is 2. The summed E-state index contributed by atoms with van der Waals surface area (Å²) in [4.78, 5) is 8.04. The van der Waals surface area contributed by atoms with Gasteiger partial charge in [0.05, 0.1) is 19.1 Å². The van der Waals surface area contributed by atoms with E-state index in [1.54, 1.807) is 50.6 Å². The van der Waals surface area contributed by atoms with Crippen LogP contribution < -0.4 is 19.5 Å². The normalized spacial score (nSPS) is 12.4. The maximum atomic E-state index is 13.9. The fourth-order valence-electron chi connectivity index (χ4n) is 3.48. The van der Waals surface area contributed by atoms with Crippen molar-refractivity contribution in [3.8, 4) is 11.6 Å². The first-order valence-corrected chi connectivity index (χ1v) is 11.8. The quantitative estimate of drug-likeness (QED) is 0.355. The number of benzene rings is 2. The van der Waals surface area contributed by atoms with E-state index >= 15 is 0 Å². The van der Waals surface area contributed by atoms with Gasteiger partial charge in [0.1, 0.15) is 11.3 Å². The molecule has 2 N–H and O–H groups in total. The van der Waals surface area contributed by atoms with Crippen LogP contribution in [0.2, 0.25) is 0 Å². The molecule has 8 nitrogen and oxygen atoms in total. The van der Waals surface area contributed by atoms with E-state index in [-0.39, 0.29) is 10.8 Å². The van der Waals surface area contributed by atoms with Crippen LogP contribution in [0.5, 0.6) is 11.6 Å². The second-order valence-corrected chi connectivity index (χ2v) is 9.19. The molecule has 0 aliphatic carbocycles. The van der Waals surface area contributed by atoms with Gasteiger partial charge in [-0.05, 0) is 55.0 Å². The molecule has 0 amide bonds. The number of halogens is 1. The van der Waals surface area contributed by atoms with Gasteiger partial charge in [-0.3, -0.25) is 4.98 Å². The first kappa shape index (κ1) is 23.4. The third-order valence-electron chi connectivity index (χ3n) is 5.25. The second kappa shape index (κ2) is 9.62. The molecule has 0 bridgehead atoms. The lowest BCUT2D eigenvalue weighted by Crippen LogP contribution is -2.26. The molecule has 34 heavy (non-hydrogen) atoms. The van der Waals surface area contributed by atoms with E-state index in [1.807, 2.05) is 12.1 Å². The molecular formula is C24H23FN4O4S. The van der Waals surface area contributed by atoms with E-state index in [0.717, 1.165) is 5.56 Å². The van der Waals surface area contributed by atoms with Gasteiger partial charge in [0, 0.05) is 35.1 Å². The topological polar surface area (TPSA) is 102 Å². The average molecular weight is 483 g/mol. The van der Waals surface area contributed by atoms with Crippen LogP contribution in [0.3, 0.4) is 0 Å². The molecule has 2 aromatic heterocycles. The van der Waals surface area contributed by atoms with Gasteiger partial charge < -0.3 is 14.8 Å². The van der Waals surface area contributed by atoms with E-state index < -0.39 is 22.0 Å². The Labute approximate surface area is 196 Å². The summed E-state index contributed by atoms with van der Waals surface area (Å²) < 4.78 is 52.6. The zero-order valence-electron chi connectivity index (χ0n) is 18.7. The van der Waals surface area contributed by atoms with E-state index in [2.05, 4.69) is 20.0 Å². The molecule has 4 aromatic rings. The molecule has 0 aliphatic rings. The minimum Gasteiger partial charge on any atom is -0.497 e. The molecule has 10 heteroatoms. The van der Waals surface area contributed by atoms with Crippen LogP contribution in [0.25, 0.3) is 10.9 Å². The van der Waals surface area contributed by atoms with Crippen molar-refractivity contribution in [2.45, 2.75) is 17.9 Å². The van der Waals surface area contributed by atoms with Gasteiger partial charge in [0.2, 0.25) is 21.9 Å². The van der Waals surface area contributed by atoms with Gasteiger partial charge in [0.15, 0.2) is 0 Å². The number of ether oxygens (including phenoxy) is 2. The highest BCUT2D eigenvalue weighted by Gasteiger charge is 2.19. The van der Waals surface area contributed by atoms with E-state index in [4.69, 9.17) is 9.47 Å². The van der Waals surface area contributed by atoms with Crippen molar-refractivity contribution in [2.24, 2.45) is 0 Å². The Hall–Kier alpha value is -3.76. The zero-order chi connectivity index (χ0) is 24.3. The Morgan fingerprint density at radius 1 is 0.971 bits per heavy atom. The summed E-state index contributed by atoms with van der Waals surface area (Å²) in [5.74, 6) is 0.0809. The lowest BCUT2D eigenvalue weighted by atomic mass is 10.1. The second-order valence-electron chi connectivity index (χ2n) is 7.47. The maximum absolute atomic E-state index is 13.9. The number of rotatable bonds is 8. The van der Waals surface area contributed by atoms with Crippen molar-refractivity contribution < 1.29 is 22.3 Å². The fraction of sp³-hybridized carbons (Fsp3) is 0.167. The molecular weight excluding hydrogens is 459 g/mol. The SMILES string of the molecule is COc1ccc([C@@H](C)NS(=O)(=O)c2ccc(Nc3ccnc4c(OC)nc(F)cc34)cc2)cc1. The molecule has 2 aromatic carbocycles. The number of hydrogen-bond acceptors (Lipinski definition) is 7. The van der Waals surface area contributed by atoms with E-state index in [1.165, 1.54) is 25.3 Å². The summed E-state index contributed by atoms with van der Waals surface area (Å²) in [5, 5.41) is 3.65. The molecule has 0 aliphatic heterocycles. The Bertz CT molecular complexity index is 1410. The molecule has 0 saturated carbocycles. The summed E-state index contributed by atoms with van der Waals surface area (Å²) in [6.45, 7) is 1.77. The lowest BCUT2D eigenvalue weighted by Gasteiger charge is -2.16. The number of nitrogens with zero attached hydrogens (tertiary/aromatic N) is 2. The van der Waals surface area contributed by atoms with E-state index in [0.29, 0.717) is 28.0 Å². The van der Waals surface area contributed by atoms with Crippen LogP contribution >= 0.6 is 0 Å². The van der Waals surface area contributed by atoms with Crippen LogP contribution in [-0.2, 0) is 10.0 Å². The maximum Gasteiger partial charge on any atom is 0.243 e. The lowest BCUT2D eigenvalue weighted by molar-refractivity contribution is 0.392. The Morgan fingerprint density at radius 3 is 2.32 bits per heavy atom. The highest BCUT2D eigenvalue weighted by atomic mass is 32.2. The van der Waals surface area contributed by atoms with Crippen molar-refractivity contribution >= 4 is 32.3 Å². The molecule has 176 valence electrons. The summed E-state index contributed by atoms with van der Waals surface area (Å²) in [5.41, 5.74) is 2.41. The van der Waals surface area contributed by atoms with Gasteiger partial charge in [0.25, 0.3) is 0 Å². The Balaban J connectivity index is 1.53. The fourth-order valence-corrected chi connectivity index (χ4v) is 4.71.